The van der Waals surface area contributed by atoms with E-state index in [1.165, 1.54) is 90.5 Å². The third-order valence-corrected chi connectivity index (χ3v) is 19.3. The standard InChI is InChI=1S/C19H22N6O2S.C18H15N7O2S.C17H14N6O3S.C15H16N6O3S/c1-2-27-18-15(16-21-11-22-25-16)28-19(24-18)13-8-9-20-14(10-13)23-17(26)12-6-4-3-5-7-12;1-2-27-17-14(15-21-10-22-25-15)28-18(24-17)11-6-8-20-13(9-11)23-16(26)12-5-3-4-7-19-12;1-2-25-16-13(14-19-9-20-23-14)27-17(22-16)10-5-6-18-12(8-10)21-15(24)11-4-3-7-26-11;1-3-24-14-12(13-17-8-18-21-13)25-15(20-14)9-4-5-16-10(6-9)19-11(22)7-23-2/h8-12H,2-7H2,1H3,(H,20,23,26)(H,21,22,25);3-10H,2H2,1H3,(H,20,23,26)(H,21,22,25);3-9H,2H2,1H3,(H,18,21,24)(H,19,20,23);4-6,8H,3,7H2,1-2H3,(H,16,19,22)(H,17,18,21). The number of aromatic nitrogens is 21. The van der Waals surface area contributed by atoms with Gasteiger partial charge in [-0.25, -0.2) is 59.8 Å². The molecule has 1 aliphatic rings. The Kier molecular flexibility index (Phi) is 25.8. The molecular weight excluding hydrogens is 1470 g/mol. The van der Waals surface area contributed by atoms with Gasteiger partial charge in [0.25, 0.3) is 17.7 Å². The van der Waals surface area contributed by atoms with Crippen molar-refractivity contribution in [3.05, 3.63) is 153 Å². The average molecular weight is 1530 g/mol. The van der Waals surface area contributed by atoms with Gasteiger partial charge < -0.3 is 49.4 Å². The Balaban J connectivity index is 0.000000135. The summed E-state index contributed by atoms with van der Waals surface area (Å²) in [5, 5.41) is 40.8. The number of nitrogens with one attached hydrogen (secondary N) is 8. The van der Waals surface area contributed by atoms with Crippen LogP contribution in [-0.4, -0.2) is 169 Å². The van der Waals surface area contributed by atoms with E-state index in [-0.39, 0.29) is 41.9 Å². The van der Waals surface area contributed by atoms with Gasteiger partial charge in [0, 0.05) is 66.3 Å². The lowest BCUT2D eigenvalue weighted by Gasteiger charge is -2.20. The van der Waals surface area contributed by atoms with Gasteiger partial charge in [-0.2, -0.15) is 20.4 Å². The molecule has 552 valence electrons. The zero-order valence-electron chi connectivity index (χ0n) is 58.2. The van der Waals surface area contributed by atoms with E-state index in [1.54, 1.807) is 85.6 Å². The fourth-order valence-electron chi connectivity index (χ4n) is 10.2. The van der Waals surface area contributed by atoms with Crippen molar-refractivity contribution in [2.75, 3.05) is 61.4 Å². The largest absolute Gasteiger partial charge is 0.477 e. The molecule has 35 nitrogen and oxygen atoms in total. The number of rotatable bonds is 25. The Morgan fingerprint density at radius 2 is 0.833 bits per heavy atom. The van der Waals surface area contributed by atoms with Crippen LogP contribution in [0.5, 0.6) is 23.5 Å². The number of hydrogen-bond donors (Lipinski definition) is 8. The molecule has 108 heavy (non-hydrogen) atoms. The molecule has 0 aromatic carbocycles. The van der Waals surface area contributed by atoms with Crippen LogP contribution >= 0.6 is 45.3 Å². The second-order valence-corrected chi connectivity index (χ2v) is 26.3. The first-order valence-electron chi connectivity index (χ1n) is 33.4. The number of pyridine rings is 5. The highest BCUT2D eigenvalue weighted by atomic mass is 32.1. The number of H-pyrrole nitrogens is 4. The van der Waals surface area contributed by atoms with Crippen molar-refractivity contribution in [1.29, 1.82) is 0 Å². The summed E-state index contributed by atoms with van der Waals surface area (Å²) in [6, 6.07) is 22.7. The van der Waals surface area contributed by atoms with E-state index < -0.39 is 0 Å². The molecule has 14 heterocycles. The van der Waals surface area contributed by atoms with Crippen LogP contribution in [0, 0.1) is 5.92 Å². The monoisotopic (exact) mass is 1530 g/mol. The number of methoxy groups -OCH3 is 1. The molecule has 0 atom stereocenters. The lowest BCUT2D eigenvalue weighted by Crippen LogP contribution is -2.25. The molecule has 1 saturated carbocycles. The molecule has 1 fully saturated rings. The van der Waals surface area contributed by atoms with E-state index in [0.29, 0.717) is 112 Å². The maximum absolute atomic E-state index is 12.5. The van der Waals surface area contributed by atoms with Gasteiger partial charge in [0.1, 0.15) is 100 Å². The molecule has 4 amide bonds. The molecule has 0 radical (unpaired) electrons. The molecule has 8 N–H and O–H groups in total. The first-order valence-corrected chi connectivity index (χ1v) is 36.7. The second-order valence-electron chi connectivity index (χ2n) is 22.3. The van der Waals surface area contributed by atoms with Gasteiger partial charge >= 0.3 is 0 Å². The number of anilines is 4. The summed E-state index contributed by atoms with van der Waals surface area (Å²) in [7, 11) is 1.46. The molecule has 1 aliphatic carbocycles. The summed E-state index contributed by atoms with van der Waals surface area (Å²) in [5.74, 6) is 5.49. The van der Waals surface area contributed by atoms with Gasteiger partial charge in [-0.1, -0.05) is 25.3 Å². The summed E-state index contributed by atoms with van der Waals surface area (Å²) >= 11 is 5.69. The van der Waals surface area contributed by atoms with Gasteiger partial charge in [0.2, 0.25) is 29.4 Å². The third kappa shape index (κ3) is 19.5. The third-order valence-electron chi connectivity index (χ3n) is 15.0. The number of ether oxygens (including phenoxy) is 5. The van der Waals surface area contributed by atoms with Crippen molar-refractivity contribution in [2.24, 2.45) is 5.92 Å². The van der Waals surface area contributed by atoms with E-state index >= 15 is 0 Å². The molecule has 14 aromatic heterocycles. The average Bonchev–Trinajstić information content (AvgIpc) is 1.68. The van der Waals surface area contributed by atoms with Crippen molar-refractivity contribution in [3.8, 4) is 109 Å². The minimum atomic E-state index is -0.374. The molecular formula is C69H67N25O10S4. The van der Waals surface area contributed by atoms with Crippen molar-refractivity contribution in [2.45, 2.75) is 59.8 Å². The van der Waals surface area contributed by atoms with Crippen LogP contribution in [0.25, 0.3) is 85.1 Å². The normalized spacial score (nSPS) is 11.7. The molecule has 0 saturated heterocycles. The van der Waals surface area contributed by atoms with Crippen LogP contribution in [0.1, 0.15) is 80.8 Å². The Morgan fingerprint density at radius 1 is 0.444 bits per heavy atom. The first kappa shape index (κ1) is 74.9. The van der Waals surface area contributed by atoms with E-state index in [2.05, 4.69) is 127 Å². The fraction of sp³-hybridized carbons (Fsp3) is 0.232. The van der Waals surface area contributed by atoms with Gasteiger partial charge in [-0.05, 0) is 113 Å². The molecule has 39 heteroatoms. The van der Waals surface area contributed by atoms with Gasteiger partial charge in [-0.15, -0.1) is 45.3 Å². The van der Waals surface area contributed by atoms with Gasteiger partial charge in [-0.3, -0.25) is 44.6 Å². The number of furan rings is 1. The zero-order valence-corrected chi connectivity index (χ0v) is 61.5. The first-order chi connectivity index (χ1) is 52.9. The number of nitrogens with zero attached hydrogens (tertiary/aromatic N) is 17. The van der Waals surface area contributed by atoms with Crippen molar-refractivity contribution in [3.63, 3.8) is 0 Å². The molecule has 0 unspecified atom stereocenters. The second kappa shape index (κ2) is 37.2. The van der Waals surface area contributed by atoms with E-state index in [4.69, 9.17) is 28.1 Å². The molecule has 0 aliphatic heterocycles. The Morgan fingerprint density at radius 3 is 1.18 bits per heavy atom. The van der Waals surface area contributed by atoms with Crippen LogP contribution in [0.4, 0.5) is 23.3 Å². The van der Waals surface area contributed by atoms with Crippen molar-refractivity contribution >= 4 is 92.2 Å². The maximum Gasteiger partial charge on any atom is 0.292 e. The highest BCUT2D eigenvalue weighted by Gasteiger charge is 2.25. The van der Waals surface area contributed by atoms with Crippen LogP contribution in [-0.2, 0) is 14.3 Å². The number of aromatic amines is 4. The number of carbonyl (C=O) groups excluding carboxylic acids is 4. The molecule has 0 bridgehead atoms. The van der Waals surface area contributed by atoms with E-state index in [0.717, 1.165) is 77.5 Å². The Bertz CT molecular complexity index is 5190. The summed E-state index contributed by atoms with van der Waals surface area (Å²) in [6.45, 7) is 9.49. The quantitative estimate of drug-likeness (QED) is 0.0263. The molecule has 15 rings (SSSR count). The van der Waals surface area contributed by atoms with Gasteiger partial charge in [0.15, 0.2) is 29.1 Å². The molecule has 14 aromatic rings. The number of amides is 4. The minimum absolute atomic E-state index is 0.0344. The van der Waals surface area contributed by atoms with Crippen LogP contribution in [0.3, 0.4) is 0 Å². The number of hydrogen-bond acceptors (Lipinski definition) is 31. The summed E-state index contributed by atoms with van der Waals surface area (Å²) in [5.41, 5.74) is 3.57. The predicted molar refractivity (Wildman–Crippen MR) is 402 cm³/mol. The smallest absolute Gasteiger partial charge is 0.292 e. The van der Waals surface area contributed by atoms with Crippen LogP contribution < -0.4 is 40.2 Å². The highest BCUT2D eigenvalue weighted by molar-refractivity contribution is 7.19. The molecule has 0 spiro atoms. The summed E-state index contributed by atoms with van der Waals surface area (Å²) in [6.07, 6.45) is 20.6. The van der Waals surface area contributed by atoms with E-state index in [9.17, 15) is 19.2 Å². The van der Waals surface area contributed by atoms with Crippen LogP contribution in [0.15, 0.2) is 146 Å². The lowest BCUT2D eigenvalue weighted by molar-refractivity contribution is -0.121. The summed E-state index contributed by atoms with van der Waals surface area (Å²) < 4.78 is 32.4. The number of thiazole rings is 4. The topological polar surface area (TPSA) is 458 Å². The van der Waals surface area contributed by atoms with E-state index in [1.807, 2.05) is 52.0 Å². The Labute approximate surface area is 630 Å². The van der Waals surface area contributed by atoms with Crippen molar-refractivity contribution < 1.29 is 47.3 Å². The lowest BCUT2D eigenvalue weighted by atomic mass is 9.89. The SMILES string of the molecule is CCOc1nc(-c2ccnc(NC(=O)C3CCCCC3)c2)sc1-c1ncn[nH]1.CCOc1nc(-c2ccnc(NC(=O)COC)c2)sc1-c1ncn[nH]1.CCOc1nc(-c2ccnc(NC(=O)c3ccccn3)c2)sc1-c1ncn[nH]1.CCOc1nc(-c2ccnc(NC(=O)c3ccco3)c2)sc1-c1ncn[nH]1. The van der Waals surface area contributed by atoms with Gasteiger partial charge in [0.05, 0.1) is 32.7 Å². The Hall–Kier alpha value is -12.9. The zero-order chi connectivity index (χ0) is 75.0. The fourth-order valence-corrected chi connectivity index (χ4v) is 14.0. The predicted octanol–water partition coefficient (Wildman–Crippen LogP) is 12.2. The van der Waals surface area contributed by atoms with Crippen molar-refractivity contribution in [1.82, 2.24) is 106 Å². The summed E-state index contributed by atoms with van der Waals surface area (Å²) in [4.78, 5) is 107. The minimum Gasteiger partial charge on any atom is -0.477 e. The van der Waals surface area contributed by atoms with Crippen LogP contribution in [0.2, 0.25) is 0 Å². The number of carbonyl (C=O) groups is 4. The highest BCUT2D eigenvalue weighted by Crippen LogP contribution is 2.43. The maximum atomic E-state index is 12.5.